The van der Waals surface area contributed by atoms with Gasteiger partial charge in [-0.05, 0) is 64.7 Å². The van der Waals surface area contributed by atoms with E-state index in [0.29, 0.717) is 29.5 Å². The molecule has 5 heteroatoms. The van der Waals surface area contributed by atoms with Crippen LogP contribution in [0.4, 0.5) is 4.39 Å². The molecule has 1 aliphatic carbocycles. The van der Waals surface area contributed by atoms with Gasteiger partial charge in [-0.3, -0.25) is 0 Å². The van der Waals surface area contributed by atoms with Gasteiger partial charge in [-0.15, -0.1) is 0 Å². The molecular formula is C16H22FNO2S. The van der Waals surface area contributed by atoms with Crippen LogP contribution in [0.25, 0.3) is 0 Å². The van der Waals surface area contributed by atoms with Crippen molar-refractivity contribution in [3.8, 4) is 5.75 Å². The van der Waals surface area contributed by atoms with Crippen molar-refractivity contribution in [2.45, 2.75) is 45.3 Å². The smallest absolute Gasteiger partial charge is 0.145 e. The number of hydrogen-bond donors (Lipinski definition) is 0. The summed E-state index contributed by atoms with van der Waals surface area (Å²) in [5, 5.41) is 0. The van der Waals surface area contributed by atoms with E-state index in [2.05, 4.69) is 4.40 Å². The molecule has 0 saturated heterocycles. The van der Waals surface area contributed by atoms with Gasteiger partial charge in [0.2, 0.25) is 0 Å². The summed E-state index contributed by atoms with van der Waals surface area (Å²) >= 11 is 0. The Balaban J connectivity index is 2.18. The first kappa shape index (κ1) is 16.1. The molecule has 2 rings (SSSR count). The number of ether oxygens (including phenoxy) is 1. The largest absolute Gasteiger partial charge is 0.493 e. The van der Waals surface area contributed by atoms with E-state index in [-0.39, 0.29) is 5.82 Å². The van der Waals surface area contributed by atoms with Gasteiger partial charge < -0.3 is 4.74 Å². The Kier molecular flexibility index (Phi) is 4.81. The van der Waals surface area contributed by atoms with Crippen molar-refractivity contribution in [1.29, 1.82) is 0 Å². The van der Waals surface area contributed by atoms with Crippen LogP contribution in [-0.4, -0.2) is 21.3 Å². The van der Waals surface area contributed by atoms with E-state index in [1.807, 2.05) is 20.8 Å². The van der Waals surface area contributed by atoms with E-state index in [1.165, 1.54) is 18.9 Å². The molecule has 1 aromatic rings. The summed E-state index contributed by atoms with van der Waals surface area (Å²) < 4.78 is 35.3. The number of benzene rings is 1. The molecule has 0 spiro atoms. The maximum Gasteiger partial charge on any atom is 0.145 e. The van der Waals surface area contributed by atoms with E-state index in [9.17, 15) is 8.60 Å². The maximum atomic E-state index is 13.9. The molecule has 1 saturated carbocycles. The van der Waals surface area contributed by atoms with Crippen LogP contribution < -0.4 is 4.74 Å². The molecule has 0 N–H and O–H groups in total. The first-order chi connectivity index (χ1) is 9.77. The SMILES string of the molecule is CC(=NS(=O)C(C)(C)C)c1cc(OCC2CC2)ccc1F. The monoisotopic (exact) mass is 311 g/mol. The lowest BCUT2D eigenvalue weighted by Crippen LogP contribution is -2.20. The molecule has 3 nitrogen and oxygen atoms in total. The van der Waals surface area contributed by atoms with Crippen LogP contribution in [0.1, 0.15) is 46.1 Å². The first-order valence-corrected chi connectivity index (χ1v) is 8.28. The maximum absolute atomic E-state index is 13.9. The summed E-state index contributed by atoms with van der Waals surface area (Å²) in [6, 6.07) is 4.63. The van der Waals surface area contributed by atoms with Gasteiger partial charge in [0.25, 0.3) is 0 Å². The quantitative estimate of drug-likeness (QED) is 0.774. The summed E-state index contributed by atoms with van der Waals surface area (Å²) in [6.45, 7) is 7.87. The minimum absolute atomic E-state index is 0.348. The Morgan fingerprint density at radius 3 is 2.67 bits per heavy atom. The average molecular weight is 311 g/mol. The fourth-order valence-corrected chi connectivity index (χ4v) is 2.30. The molecule has 0 heterocycles. The third kappa shape index (κ3) is 4.63. The molecule has 1 aliphatic rings. The van der Waals surface area contributed by atoms with Crippen molar-refractivity contribution in [2.75, 3.05) is 6.61 Å². The zero-order chi connectivity index (χ0) is 15.6. The molecule has 0 bridgehead atoms. The molecule has 116 valence electrons. The standard InChI is InChI=1S/C16H22FNO2S/c1-11(18-21(19)16(2,3)4)14-9-13(7-8-15(14)17)20-10-12-5-6-12/h7-9,12H,5-6,10H2,1-4H3. The summed E-state index contributed by atoms with van der Waals surface area (Å²) in [6.07, 6.45) is 2.41. The van der Waals surface area contributed by atoms with Crippen LogP contribution in [0.15, 0.2) is 22.6 Å². The molecule has 21 heavy (non-hydrogen) atoms. The zero-order valence-electron chi connectivity index (χ0n) is 13.0. The molecule has 0 aliphatic heterocycles. The van der Waals surface area contributed by atoms with Crippen LogP contribution in [-0.2, 0) is 11.0 Å². The van der Waals surface area contributed by atoms with Gasteiger partial charge in [0, 0.05) is 5.56 Å². The van der Waals surface area contributed by atoms with Crippen LogP contribution in [0.3, 0.4) is 0 Å². The number of halogens is 1. The van der Waals surface area contributed by atoms with Gasteiger partial charge >= 0.3 is 0 Å². The van der Waals surface area contributed by atoms with E-state index in [4.69, 9.17) is 4.74 Å². The van der Waals surface area contributed by atoms with Gasteiger partial charge in [0.1, 0.15) is 22.6 Å². The summed E-state index contributed by atoms with van der Waals surface area (Å²) in [5.41, 5.74) is 0.776. The molecule has 0 aromatic heterocycles. The third-order valence-corrected chi connectivity index (χ3v) is 4.74. The van der Waals surface area contributed by atoms with E-state index >= 15 is 0 Å². The number of nitrogens with zero attached hydrogens (tertiary/aromatic N) is 1. The average Bonchev–Trinajstić information content (AvgIpc) is 3.20. The Morgan fingerprint density at radius 2 is 2.10 bits per heavy atom. The van der Waals surface area contributed by atoms with Crippen LogP contribution in [0.5, 0.6) is 5.75 Å². The number of rotatable bonds is 5. The Hall–Kier alpha value is -1.23. The second-order valence-corrected chi connectivity index (χ2v) is 8.34. The highest BCUT2D eigenvalue weighted by atomic mass is 32.2. The molecule has 1 aromatic carbocycles. The lowest BCUT2D eigenvalue weighted by Gasteiger charge is -2.14. The molecule has 1 unspecified atom stereocenters. The van der Waals surface area contributed by atoms with Gasteiger partial charge in [0.05, 0.1) is 17.1 Å². The van der Waals surface area contributed by atoms with Gasteiger partial charge in [-0.2, -0.15) is 4.40 Å². The highest BCUT2D eigenvalue weighted by molar-refractivity contribution is 7.85. The topological polar surface area (TPSA) is 38.7 Å². The normalized spacial score (nSPS) is 17.7. The van der Waals surface area contributed by atoms with Crippen LogP contribution in [0, 0.1) is 11.7 Å². The van der Waals surface area contributed by atoms with Crippen molar-refractivity contribution >= 4 is 16.7 Å². The van der Waals surface area contributed by atoms with Gasteiger partial charge in [-0.25, -0.2) is 8.60 Å². The zero-order valence-corrected chi connectivity index (χ0v) is 13.8. The predicted molar refractivity (Wildman–Crippen MR) is 84.7 cm³/mol. The Bertz CT molecular complexity index is 574. The van der Waals surface area contributed by atoms with Gasteiger partial charge in [0.15, 0.2) is 0 Å². The van der Waals surface area contributed by atoms with Crippen LogP contribution >= 0.6 is 0 Å². The predicted octanol–water partition coefficient (Wildman–Crippen LogP) is 3.89. The van der Waals surface area contributed by atoms with Crippen molar-refractivity contribution in [1.82, 2.24) is 0 Å². The molecule has 1 fully saturated rings. The van der Waals surface area contributed by atoms with Gasteiger partial charge in [-0.1, -0.05) is 0 Å². The Labute approximate surface area is 128 Å². The Morgan fingerprint density at radius 1 is 1.43 bits per heavy atom. The summed E-state index contributed by atoms with van der Waals surface area (Å²) in [5.74, 6) is 0.900. The minimum atomic E-state index is -1.40. The van der Waals surface area contributed by atoms with Crippen molar-refractivity contribution in [3.05, 3.63) is 29.6 Å². The lowest BCUT2D eigenvalue weighted by molar-refractivity contribution is 0.299. The first-order valence-electron chi connectivity index (χ1n) is 7.17. The van der Waals surface area contributed by atoms with Crippen molar-refractivity contribution < 1.29 is 13.3 Å². The fourth-order valence-electron chi connectivity index (χ4n) is 1.68. The lowest BCUT2D eigenvalue weighted by atomic mass is 10.1. The highest BCUT2D eigenvalue weighted by Gasteiger charge is 2.22. The van der Waals surface area contributed by atoms with E-state index in [0.717, 1.165) is 0 Å². The van der Waals surface area contributed by atoms with Crippen LogP contribution in [0.2, 0.25) is 0 Å². The summed E-state index contributed by atoms with van der Waals surface area (Å²) in [4.78, 5) is 0. The molecule has 1 atom stereocenters. The molecular weight excluding hydrogens is 289 g/mol. The van der Waals surface area contributed by atoms with Crippen molar-refractivity contribution in [2.24, 2.45) is 10.3 Å². The third-order valence-electron chi connectivity index (χ3n) is 3.25. The van der Waals surface area contributed by atoms with E-state index in [1.54, 1.807) is 19.1 Å². The number of hydrogen-bond acceptors (Lipinski definition) is 2. The molecule has 0 amide bonds. The van der Waals surface area contributed by atoms with Crippen molar-refractivity contribution in [3.63, 3.8) is 0 Å². The highest BCUT2D eigenvalue weighted by Crippen LogP contribution is 2.30. The molecule has 0 radical (unpaired) electrons. The minimum Gasteiger partial charge on any atom is -0.493 e. The second-order valence-electron chi connectivity index (χ2n) is 6.43. The summed E-state index contributed by atoms with van der Waals surface area (Å²) in [7, 11) is -1.40. The second kappa shape index (κ2) is 6.26. The fraction of sp³-hybridized carbons (Fsp3) is 0.562. The van der Waals surface area contributed by atoms with E-state index < -0.39 is 15.7 Å².